The van der Waals surface area contributed by atoms with Crippen molar-refractivity contribution >= 4 is 17.9 Å². The molecule has 0 aliphatic heterocycles. The van der Waals surface area contributed by atoms with Crippen LogP contribution >= 0.6 is 0 Å². The highest BCUT2D eigenvalue weighted by atomic mass is 16.1. The fraction of sp³-hybridized carbons (Fsp3) is 0.333. The van der Waals surface area contributed by atoms with Crippen molar-refractivity contribution in [1.82, 2.24) is 0 Å². The normalized spacial score (nSPS) is 8.53. The Morgan fingerprint density at radius 3 is 2.40 bits per heavy atom. The van der Waals surface area contributed by atoms with Crippen LogP contribution in [-0.4, -0.2) is 12.2 Å². The van der Waals surface area contributed by atoms with Crippen molar-refractivity contribution in [2.24, 2.45) is 0 Å². The van der Waals surface area contributed by atoms with E-state index in [-0.39, 0.29) is 5.91 Å². The van der Waals surface area contributed by atoms with Crippen molar-refractivity contribution in [3.05, 3.63) is 29.3 Å². The highest BCUT2D eigenvalue weighted by Gasteiger charge is 2.04. The van der Waals surface area contributed by atoms with Crippen molar-refractivity contribution in [3.8, 4) is 0 Å². The minimum Gasteiger partial charge on any atom is -0.326 e. The quantitative estimate of drug-likeness (QED) is 0.758. The van der Waals surface area contributed by atoms with E-state index in [2.05, 4.69) is 5.32 Å². The average molecular weight is 207 g/mol. The summed E-state index contributed by atoms with van der Waals surface area (Å²) in [6, 6.07) is 5.33. The van der Waals surface area contributed by atoms with E-state index in [0.717, 1.165) is 11.8 Å². The van der Waals surface area contributed by atoms with E-state index in [1.165, 1.54) is 6.92 Å². The van der Waals surface area contributed by atoms with Gasteiger partial charge in [-0.25, -0.2) is 0 Å². The number of aldehydes is 1. The van der Waals surface area contributed by atoms with Gasteiger partial charge < -0.3 is 5.32 Å². The maximum atomic E-state index is 10.8. The Kier molecular flexibility index (Phi) is 6.02. The molecule has 0 radical (unpaired) electrons. The summed E-state index contributed by atoms with van der Waals surface area (Å²) >= 11 is 0. The molecular formula is C12H17NO2. The topological polar surface area (TPSA) is 46.2 Å². The van der Waals surface area contributed by atoms with Crippen LogP contribution in [0.5, 0.6) is 0 Å². The molecule has 0 aliphatic carbocycles. The number of carbonyl (C=O) groups is 2. The van der Waals surface area contributed by atoms with Gasteiger partial charge in [-0.05, 0) is 18.6 Å². The summed E-state index contributed by atoms with van der Waals surface area (Å²) in [5.74, 6) is -0.172. The number of hydrogen-bond acceptors (Lipinski definition) is 2. The second-order valence-electron chi connectivity index (χ2n) is 2.84. The molecule has 0 fully saturated rings. The zero-order valence-electron chi connectivity index (χ0n) is 9.63. The van der Waals surface area contributed by atoms with Crippen LogP contribution in [-0.2, 0) is 4.79 Å². The number of amides is 1. The molecule has 1 aromatic rings. The fourth-order valence-corrected chi connectivity index (χ4v) is 1.14. The molecule has 1 N–H and O–H groups in total. The van der Waals surface area contributed by atoms with Crippen LogP contribution in [0.25, 0.3) is 0 Å². The Morgan fingerprint density at radius 2 is 1.93 bits per heavy atom. The van der Waals surface area contributed by atoms with Crippen LogP contribution < -0.4 is 5.32 Å². The van der Waals surface area contributed by atoms with Crippen LogP contribution in [0.4, 0.5) is 5.69 Å². The molecule has 3 nitrogen and oxygen atoms in total. The predicted molar refractivity (Wildman–Crippen MR) is 62.2 cm³/mol. The Bertz CT molecular complexity index is 345. The monoisotopic (exact) mass is 207 g/mol. The van der Waals surface area contributed by atoms with E-state index in [0.29, 0.717) is 11.3 Å². The third-order valence-electron chi connectivity index (χ3n) is 1.75. The standard InChI is InChI=1S/C10H11NO2.C2H6/c1-7-4-3-5-10(9(7)6-12)11-8(2)13;1-2/h3-6H,1-2H3,(H,11,13);1-2H3. The molecule has 0 unspecified atom stereocenters. The van der Waals surface area contributed by atoms with Gasteiger partial charge in [-0.2, -0.15) is 0 Å². The summed E-state index contributed by atoms with van der Waals surface area (Å²) < 4.78 is 0. The van der Waals surface area contributed by atoms with Gasteiger partial charge in [0.1, 0.15) is 0 Å². The van der Waals surface area contributed by atoms with Crippen molar-refractivity contribution in [2.45, 2.75) is 27.7 Å². The van der Waals surface area contributed by atoms with E-state index in [9.17, 15) is 9.59 Å². The van der Waals surface area contributed by atoms with E-state index in [1.807, 2.05) is 26.8 Å². The maximum absolute atomic E-state index is 10.8. The second-order valence-corrected chi connectivity index (χ2v) is 2.84. The molecule has 0 bridgehead atoms. The lowest BCUT2D eigenvalue weighted by molar-refractivity contribution is -0.114. The third-order valence-corrected chi connectivity index (χ3v) is 1.75. The molecule has 15 heavy (non-hydrogen) atoms. The van der Waals surface area contributed by atoms with Crippen LogP contribution in [0.3, 0.4) is 0 Å². The van der Waals surface area contributed by atoms with E-state index in [1.54, 1.807) is 12.1 Å². The lowest BCUT2D eigenvalue weighted by Crippen LogP contribution is -2.08. The first-order valence-corrected chi connectivity index (χ1v) is 4.97. The Balaban J connectivity index is 0.000000921. The largest absolute Gasteiger partial charge is 0.326 e. The number of nitrogens with one attached hydrogen (secondary N) is 1. The zero-order chi connectivity index (χ0) is 11.8. The van der Waals surface area contributed by atoms with Crippen LogP contribution in [0.2, 0.25) is 0 Å². The molecule has 1 aromatic carbocycles. The van der Waals surface area contributed by atoms with Gasteiger partial charge in [-0.1, -0.05) is 26.0 Å². The molecule has 1 amide bonds. The van der Waals surface area contributed by atoms with Gasteiger partial charge in [-0.15, -0.1) is 0 Å². The van der Waals surface area contributed by atoms with Gasteiger partial charge >= 0.3 is 0 Å². The van der Waals surface area contributed by atoms with Gasteiger partial charge in [-0.3, -0.25) is 9.59 Å². The number of hydrogen-bond donors (Lipinski definition) is 1. The summed E-state index contributed by atoms with van der Waals surface area (Å²) in [6.45, 7) is 7.24. The summed E-state index contributed by atoms with van der Waals surface area (Å²) in [6.07, 6.45) is 0.751. The van der Waals surface area contributed by atoms with Crippen molar-refractivity contribution in [2.75, 3.05) is 5.32 Å². The Labute approximate surface area is 90.5 Å². The first-order valence-electron chi connectivity index (χ1n) is 4.97. The third kappa shape index (κ3) is 3.94. The number of anilines is 1. The number of rotatable bonds is 2. The smallest absolute Gasteiger partial charge is 0.221 e. The van der Waals surface area contributed by atoms with E-state index in [4.69, 9.17) is 0 Å². The molecule has 0 spiro atoms. The summed E-state index contributed by atoms with van der Waals surface area (Å²) in [5, 5.41) is 2.59. The van der Waals surface area contributed by atoms with Gasteiger partial charge in [0.05, 0.1) is 5.69 Å². The fourth-order valence-electron chi connectivity index (χ4n) is 1.14. The summed E-state index contributed by atoms with van der Waals surface area (Å²) in [4.78, 5) is 21.4. The van der Waals surface area contributed by atoms with E-state index >= 15 is 0 Å². The van der Waals surface area contributed by atoms with Crippen LogP contribution in [0, 0.1) is 6.92 Å². The average Bonchev–Trinajstić information content (AvgIpc) is 2.20. The summed E-state index contributed by atoms with van der Waals surface area (Å²) in [5.41, 5.74) is 1.97. The predicted octanol–water partition coefficient (Wildman–Crippen LogP) is 2.79. The van der Waals surface area contributed by atoms with Gasteiger partial charge in [0, 0.05) is 12.5 Å². The lowest BCUT2D eigenvalue weighted by Gasteiger charge is -2.06. The molecule has 0 saturated heterocycles. The molecule has 0 atom stereocenters. The zero-order valence-corrected chi connectivity index (χ0v) is 9.63. The van der Waals surface area contributed by atoms with E-state index < -0.39 is 0 Å². The number of benzene rings is 1. The van der Waals surface area contributed by atoms with Crippen LogP contribution in [0.15, 0.2) is 18.2 Å². The van der Waals surface area contributed by atoms with Gasteiger partial charge in [0.15, 0.2) is 6.29 Å². The molecule has 0 aliphatic rings. The molecule has 0 saturated carbocycles. The number of carbonyl (C=O) groups excluding carboxylic acids is 2. The second kappa shape index (κ2) is 6.76. The van der Waals surface area contributed by atoms with Gasteiger partial charge in [0.2, 0.25) is 5.91 Å². The molecular weight excluding hydrogens is 190 g/mol. The Morgan fingerprint density at radius 1 is 1.33 bits per heavy atom. The Hall–Kier alpha value is -1.64. The highest BCUT2D eigenvalue weighted by molar-refractivity contribution is 5.96. The first kappa shape index (κ1) is 13.4. The molecule has 0 aromatic heterocycles. The maximum Gasteiger partial charge on any atom is 0.221 e. The van der Waals surface area contributed by atoms with Crippen molar-refractivity contribution < 1.29 is 9.59 Å². The molecule has 82 valence electrons. The minimum absolute atomic E-state index is 0.172. The molecule has 1 rings (SSSR count). The molecule has 3 heteroatoms. The summed E-state index contributed by atoms with van der Waals surface area (Å²) in [7, 11) is 0. The minimum atomic E-state index is -0.172. The highest BCUT2D eigenvalue weighted by Crippen LogP contribution is 2.16. The van der Waals surface area contributed by atoms with Gasteiger partial charge in [0.25, 0.3) is 0 Å². The van der Waals surface area contributed by atoms with Crippen LogP contribution in [0.1, 0.15) is 36.7 Å². The van der Waals surface area contributed by atoms with Crippen molar-refractivity contribution in [1.29, 1.82) is 0 Å². The SMILES string of the molecule is CC.CC(=O)Nc1cccc(C)c1C=O. The first-order chi connectivity index (χ1) is 7.15. The van der Waals surface area contributed by atoms with Crippen molar-refractivity contribution in [3.63, 3.8) is 0 Å². The molecule has 0 heterocycles. The lowest BCUT2D eigenvalue weighted by atomic mass is 10.1. The number of aryl methyl sites for hydroxylation is 1.